The van der Waals surface area contributed by atoms with Crippen LogP contribution in [0.25, 0.3) is 17.2 Å². The molecule has 92 valence electrons. The van der Waals surface area contributed by atoms with E-state index in [0.29, 0.717) is 17.5 Å². The van der Waals surface area contributed by atoms with Crippen molar-refractivity contribution in [2.45, 2.75) is 26.7 Å². The largest absolute Gasteiger partial charge is 0.457 e. The van der Waals surface area contributed by atoms with Gasteiger partial charge in [-0.15, -0.1) is 5.10 Å². The minimum atomic E-state index is 0.357. The van der Waals surface area contributed by atoms with E-state index in [9.17, 15) is 0 Å². The first-order valence-corrected chi connectivity index (χ1v) is 5.93. The highest BCUT2D eigenvalue weighted by Crippen LogP contribution is 2.24. The molecule has 0 fully saturated rings. The summed E-state index contributed by atoms with van der Waals surface area (Å²) in [6, 6.07) is 5.73. The van der Waals surface area contributed by atoms with Crippen molar-refractivity contribution < 1.29 is 4.42 Å². The van der Waals surface area contributed by atoms with Crippen LogP contribution < -0.4 is 0 Å². The smallest absolute Gasteiger partial charge is 0.198 e. The topological polar surface area (TPSA) is 56.2 Å². The van der Waals surface area contributed by atoms with Crippen molar-refractivity contribution in [1.29, 1.82) is 0 Å². The Balaban J connectivity index is 2.18. The van der Waals surface area contributed by atoms with Gasteiger partial charge in [0, 0.05) is 18.2 Å². The normalized spacial score (nSPS) is 11.6. The molecule has 0 bridgehead atoms. The lowest BCUT2D eigenvalue weighted by Crippen LogP contribution is -1.96. The predicted molar refractivity (Wildman–Crippen MR) is 67.3 cm³/mol. The molecule has 0 saturated heterocycles. The molecule has 0 N–H and O–H groups in total. The van der Waals surface area contributed by atoms with E-state index >= 15 is 0 Å². The van der Waals surface area contributed by atoms with Gasteiger partial charge in [0.2, 0.25) is 0 Å². The number of nitrogens with zero attached hydrogens (tertiary/aromatic N) is 4. The van der Waals surface area contributed by atoms with Gasteiger partial charge >= 0.3 is 0 Å². The maximum atomic E-state index is 5.80. The zero-order valence-electron chi connectivity index (χ0n) is 10.6. The van der Waals surface area contributed by atoms with Crippen molar-refractivity contribution in [2.24, 2.45) is 0 Å². The highest BCUT2D eigenvalue weighted by molar-refractivity contribution is 5.53. The second-order valence-corrected chi connectivity index (χ2v) is 4.55. The average Bonchev–Trinajstić information content (AvgIpc) is 2.92. The van der Waals surface area contributed by atoms with E-state index in [1.54, 1.807) is 10.7 Å². The minimum absolute atomic E-state index is 0.357. The molecule has 3 rings (SSSR count). The Labute approximate surface area is 104 Å². The maximum Gasteiger partial charge on any atom is 0.198 e. The van der Waals surface area contributed by atoms with E-state index in [0.717, 1.165) is 17.2 Å². The number of furan rings is 1. The molecule has 0 aliphatic heterocycles. The summed E-state index contributed by atoms with van der Waals surface area (Å²) in [4.78, 5) is 8.64. The Kier molecular flexibility index (Phi) is 2.40. The Hall–Kier alpha value is -2.17. The van der Waals surface area contributed by atoms with E-state index in [1.165, 1.54) is 0 Å². The summed E-state index contributed by atoms with van der Waals surface area (Å²) < 4.78 is 7.50. The fourth-order valence-corrected chi connectivity index (χ4v) is 1.88. The monoisotopic (exact) mass is 242 g/mol. The third kappa shape index (κ3) is 1.68. The van der Waals surface area contributed by atoms with Gasteiger partial charge < -0.3 is 4.42 Å². The summed E-state index contributed by atoms with van der Waals surface area (Å²) in [5.74, 6) is 3.42. The third-order valence-electron chi connectivity index (χ3n) is 2.78. The maximum absolute atomic E-state index is 5.80. The van der Waals surface area contributed by atoms with E-state index < -0.39 is 0 Å². The fraction of sp³-hybridized carbons (Fsp3) is 0.308. The van der Waals surface area contributed by atoms with Gasteiger partial charge in [0.05, 0.1) is 0 Å². The van der Waals surface area contributed by atoms with Crippen molar-refractivity contribution >= 4 is 5.65 Å². The van der Waals surface area contributed by atoms with E-state index in [-0.39, 0.29) is 0 Å². The first-order chi connectivity index (χ1) is 8.65. The molecule has 5 heteroatoms. The van der Waals surface area contributed by atoms with Crippen LogP contribution in [0.5, 0.6) is 0 Å². The van der Waals surface area contributed by atoms with Gasteiger partial charge in [-0.3, -0.25) is 0 Å². The second kappa shape index (κ2) is 3.94. The van der Waals surface area contributed by atoms with Crippen LogP contribution in [0.3, 0.4) is 0 Å². The number of fused-ring (bicyclic) bond motifs is 1. The van der Waals surface area contributed by atoms with Crippen LogP contribution in [-0.4, -0.2) is 19.6 Å². The molecule has 18 heavy (non-hydrogen) atoms. The average molecular weight is 242 g/mol. The first kappa shape index (κ1) is 11.0. The van der Waals surface area contributed by atoms with Crippen molar-refractivity contribution in [2.75, 3.05) is 0 Å². The summed E-state index contributed by atoms with van der Waals surface area (Å²) >= 11 is 0. The van der Waals surface area contributed by atoms with E-state index in [4.69, 9.17) is 4.42 Å². The summed E-state index contributed by atoms with van der Waals surface area (Å²) in [5, 5.41) is 4.33. The van der Waals surface area contributed by atoms with Gasteiger partial charge in [-0.2, -0.15) is 4.52 Å². The van der Waals surface area contributed by atoms with E-state index in [1.807, 2.05) is 25.1 Å². The molecule has 0 amide bonds. The summed E-state index contributed by atoms with van der Waals surface area (Å²) in [6.45, 7) is 6.05. The summed E-state index contributed by atoms with van der Waals surface area (Å²) in [6.07, 6.45) is 1.72. The predicted octanol–water partition coefficient (Wildman–Crippen LogP) is 2.82. The van der Waals surface area contributed by atoms with Crippen molar-refractivity contribution in [3.05, 3.63) is 36.0 Å². The molecule has 0 aliphatic carbocycles. The van der Waals surface area contributed by atoms with Crippen LogP contribution in [0.15, 0.2) is 28.8 Å². The van der Waals surface area contributed by atoms with Gasteiger partial charge in [0.1, 0.15) is 11.6 Å². The highest BCUT2D eigenvalue weighted by atomic mass is 16.3. The second-order valence-electron chi connectivity index (χ2n) is 4.55. The quantitative estimate of drug-likeness (QED) is 0.693. The van der Waals surface area contributed by atoms with Crippen LogP contribution in [0, 0.1) is 6.92 Å². The molecule has 0 unspecified atom stereocenters. The molecule has 5 nitrogen and oxygen atoms in total. The molecule has 0 spiro atoms. The first-order valence-electron chi connectivity index (χ1n) is 5.93. The lowest BCUT2D eigenvalue weighted by Gasteiger charge is -2.00. The highest BCUT2D eigenvalue weighted by Gasteiger charge is 2.13. The molecular formula is C13H14N4O. The van der Waals surface area contributed by atoms with Crippen molar-refractivity contribution in [3.8, 4) is 11.6 Å². The Morgan fingerprint density at radius 3 is 2.78 bits per heavy atom. The van der Waals surface area contributed by atoms with Crippen molar-refractivity contribution in [3.63, 3.8) is 0 Å². The number of rotatable bonds is 2. The molecule has 3 aromatic heterocycles. The number of aromatic nitrogens is 4. The van der Waals surface area contributed by atoms with Crippen LogP contribution in [-0.2, 0) is 0 Å². The Morgan fingerprint density at radius 2 is 2.06 bits per heavy atom. The van der Waals surface area contributed by atoms with Gasteiger partial charge in [-0.1, -0.05) is 13.8 Å². The van der Waals surface area contributed by atoms with Crippen LogP contribution in [0.4, 0.5) is 0 Å². The zero-order chi connectivity index (χ0) is 12.7. The Morgan fingerprint density at radius 1 is 1.22 bits per heavy atom. The van der Waals surface area contributed by atoms with Crippen LogP contribution in [0.2, 0.25) is 0 Å². The number of hydrogen-bond donors (Lipinski definition) is 0. The summed E-state index contributed by atoms with van der Waals surface area (Å²) in [5.41, 5.74) is 0.778. The van der Waals surface area contributed by atoms with Gasteiger partial charge in [-0.05, 0) is 19.1 Å². The minimum Gasteiger partial charge on any atom is -0.457 e. The van der Waals surface area contributed by atoms with Gasteiger partial charge in [0.15, 0.2) is 17.2 Å². The number of aryl methyl sites for hydroxylation is 1. The fourth-order valence-electron chi connectivity index (χ4n) is 1.88. The molecule has 0 atom stereocenters. The molecule has 0 saturated carbocycles. The van der Waals surface area contributed by atoms with E-state index in [2.05, 4.69) is 28.9 Å². The standard InChI is InChI=1S/C13H14N4O/c1-8(2)10-4-5-11(18-10)13-14-7-6-12-15-9(3)16-17(12)13/h4-8H,1-3H3. The third-order valence-corrected chi connectivity index (χ3v) is 2.78. The molecule has 0 aromatic carbocycles. The van der Waals surface area contributed by atoms with Gasteiger partial charge in [0.25, 0.3) is 0 Å². The van der Waals surface area contributed by atoms with Gasteiger partial charge in [-0.25, -0.2) is 9.97 Å². The van der Waals surface area contributed by atoms with Crippen molar-refractivity contribution in [1.82, 2.24) is 19.6 Å². The SMILES string of the molecule is Cc1nc2ccnc(-c3ccc(C(C)C)o3)n2n1. The lowest BCUT2D eigenvalue weighted by atomic mass is 10.2. The zero-order valence-corrected chi connectivity index (χ0v) is 10.6. The summed E-state index contributed by atoms with van der Waals surface area (Å²) in [7, 11) is 0. The molecule has 3 heterocycles. The number of hydrogen-bond acceptors (Lipinski definition) is 4. The molecular weight excluding hydrogens is 228 g/mol. The lowest BCUT2D eigenvalue weighted by molar-refractivity contribution is 0.494. The van der Waals surface area contributed by atoms with Crippen LogP contribution >= 0.6 is 0 Å². The van der Waals surface area contributed by atoms with Crippen LogP contribution in [0.1, 0.15) is 31.4 Å². The molecule has 0 radical (unpaired) electrons. The Bertz CT molecular complexity index is 696. The molecule has 3 aromatic rings. The molecule has 0 aliphatic rings.